The van der Waals surface area contributed by atoms with Crippen molar-refractivity contribution < 1.29 is 33.4 Å². The molecule has 0 saturated heterocycles. The van der Waals surface area contributed by atoms with Crippen LogP contribution in [-0.2, 0) is 0 Å². The van der Waals surface area contributed by atoms with Gasteiger partial charge < -0.3 is 0 Å². The van der Waals surface area contributed by atoms with Gasteiger partial charge in [-0.25, -0.2) is 23.2 Å². The lowest BCUT2D eigenvalue weighted by Crippen LogP contribution is -2.68. The van der Waals surface area contributed by atoms with Crippen LogP contribution in [0.2, 0.25) is 0 Å². The van der Waals surface area contributed by atoms with Crippen molar-refractivity contribution in [3.63, 3.8) is 0 Å². The van der Waals surface area contributed by atoms with Crippen molar-refractivity contribution in [3.8, 4) is 11.4 Å². The van der Waals surface area contributed by atoms with Gasteiger partial charge in [0.1, 0.15) is 11.4 Å². The molecule has 8 heteroatoms. The molecule has 0 aliphatic heterocycles. The van der Waals surface area contributed by atoms with Gasteiger partial charge in [-0.3, -0.25) is 0 Å². The van der Waals surface area contributed by atoms with E-state index < -0.39 is 10.2 Å². The minimum absolute atomic E-state index is 1.06. The third-order valence-corrected chi connectivity index (χ3v) is 2.61. The Kier molecular flexibility index (Phi) is 5.21. The van der Waals surface area contributed by atoms with Crippen molar-refractivity contribution in [1.82, 2.24) is 9.78 Å². The fourth-order valence-electron chi connectivity index (χ4n) is 1.74. The summed E-state index contributed by atoms with van der Waals surface area (Å²) in [6.07, 6.45) is 3.77. The number of nitrogens with zero attached hydrogens (tertiary/aromatic N) is 3. The molecule has 0 bridgehead atoms. The second-order valence-corrected chi connectivity index (χ2v) is 4.90. The van der Waals surface area contributed by atoms with Crippen LogP contribution in [0.25, 0.3) is 11.4 Å². The summed E-state index contributed by atoms with van der Waals surface area (Å²) in [5, 5.41) is 4.34. The Bertz CT molecular complexity index is 639. The van der Waals surface area contributed by atoms with Crippen molar-refractivity contribution in [2.75, 3.05) is 0 Å². The molecule has 0 atom stereocenters. The Hall–Kier alpha value is -2.29. The summed E-state index contributed by atoms with van der Waals surface area (Å²) in [6, 6.07) is 20.2. The molecule has 7 nitrogen and oxygen atoms in total. The molecule has 3 rings (SSSR count). The van der Waals surface area contributed by atoms with Crippen LogP contribution in [0.1, 0.15) is 0 Å². The highest BCUT2D eigenvalue weighted by Gasteiger charge is 2.08. The van der Waals surface area contributed by atoms with Gasteiger partial charge in [0.05, 0.1) is 0 Å². The quantitative estimate of drug-likeness (QED) is 0.480. The second-order valence-electron chi connectivity index (χ2n) is 4.15. The van der Waals surface area contributed by atoms with Gasteiger partial charge in [-0.15, -0.1) is 10.2 Å². The molecular weight excluding hydrogens is 310 g/mol. The highest BCUT2D eigenvalue weighted by Crippen LogP contribution is 2.04. The molecule has 1 heterocycles. The fourth-order valence-corrected chi connectivity index (χ4v) is 1.74. The predicted molar refractivity (Wildman–Crippen MR) is 65.1 cm³/mol. The van der Waals surface area contributed by atoms with Crippen LogP contribution >= 0.6 is 0 Å². The summed E-state index contributed by atoms with van der Waals surface area (Å²) in [5.74, 6) is 0. The molecule has 114 valence electrons. The van der Waals surface area contributed by atoms with E-state index in [1.54, 1.807) is 0 Å². The van der Waals surface area contributed by atoms with Gasteiger partial charge in [0.2, 0.25) is 6.33 Å². The first-order valence-corrected chi connectivity index (χ1v) is 7.35. The lowest BCUT2D eigenvalue weighted by molar-refractivity contribution is -2.00. The Labute approximate surface area is 128 Å². The molecule has 0 N–H and O–H groups in total. The number of rotatable bonds is 2. The van der Waals surface area contributed by atoms with E-state index in [-0.39, 0.29) is 0 Å². The molecule has 0 amide bonds. The van der Waals surface area contributed by atoms with Gasteiger partial charge in [-0.2, -0.15) is 0 Å². The maximum atomic E-state index is 8.49. The van der Waals surface area contributed by atoms with Crippen LogP contribution in [0.3, 0.4) is 0 Å². The van der Waals surface area contributed by atoms with Crippen LogP contribution in [0, 0.1) is 10.2 Å². The van der Waals surface area contributed by atoms with Gasteiger partial charge in [-0.05, 0) is 24.3 Å². The number of aromatic nitrogens is 3. The number of halogens is 1. The third kappa shape index (κ3) is 5.24. The van der Waals surface area contributed by atoms with E-state index >= 15 is 0 Å². The molecule has 0 radical (unpaired) electrons. The molecule has 0 saturated carbocycles. The summed E-state index contributed by atoms with van der Waals surface area (Å²) >= 11 is 0. The molecule has 1 aromatic heterocycles. The van der Waals surface area contributed by atoms with E-state index in [2.05, 4.69) is 17.2 Å². The molecular formula is C14H12ClN3O4. The first-order valence-electron chi connectivity index (χ1n) is 6.12. The Morgan fingerprint density at radius 2 is 1.32 bits per heavy atom. The van der Waals surface area contributed by atoms with Gasteiger partial charge in [0, 0.05) is 5.10 Å². The monoisotopic (exact) mass is 321 g/mol. The zero-order valence-electron chi connectivity index (χ0n) is 11.3. The maximum Gasteiger partial charge on any atom is 0.270 e. The highest BCUT2D eigenvalue weighted by atomic mass is 35.7. The highest BCUT2D eigenvalue weighted by molar-refractivity contribution is 5.29. The minimum Gasteiger partial charge on any atom is -0.222 e. The lowest BCUT2D eigenvalue weighted by atomic mass is 10.3. The topological polar surface area (TPSA) is 114 Å². The van der Waals surface area contributed by atoms with Crippen molar-refractivity contribution >= 4 is 0 Å². The normalized spacial score (nSPS) is 10.7. The molecule has 3 aromatic rings. The molecule has 0 unspecified atom stereocenters. The molecule has 0 aliphatic carbocycles. The van der Waals surface area contributed by atoms with Crippen LogP contribution in [0.4, 0.5) is 0 Å². The molecule has 0 aliphatic rings. The molecule has 2 aromatic carbocycles. The Morgan fingerprint density at radius 1 is 0.818 bits per heavy atom. The predicted octanol–water partition coefficient (Wildman–Crippen LogP) is -2.61. The molecule has 0 fully saturated rings. The average molecular weight is 322 g/mol. The van der Waals surface area contributed by atoms with Gasteiger partial charge >= 0.3 is 0 Å². The summed E-state index contributed by atoms with van der Waals surface area (Å²) in [4.78, 5) is 0. The summed E-state index contributed by atoms with van der Waals surface area (Å²) in [6.45, 7) is 0. The zero-order chi connectivity index (χ0) is 16.0. The SMILES string of the molecule is [O-][Cl+3]([O-])([O-])[O-].c1ccc(-n2c[n+](-c3ccccc3)cn2)cc1. The van der Waals surface area contributed by atoms with Gasteiger partial charge in [0.15, 0.2) is 0 Å². The van der Waals surface area contributed by atoms with E-state index in [0.29, 0.717) is 0 Å². The van der Waals surface area contributed by atoms with Crippen molar-refractivity contribution in [1.29, 1.82) is 0 Å². The largest absolute Gasteiger partial charge is 0.270 e. The Morgan fingerprint density at radius 3 is 1.86 bits per heavy atom. The van der Waals surface area contributed by atoms with Gasteiger partial charge in [0.25, 0.3) is 6.33 Å². The zero-order valence-corrected chi connectivity index (χ0v) is 12.0. The summed E-state index contributed by atoms with van der Waals surface area (Å²) in [5.41, 5.74) is 2.16. The van der Waals surface area contributed by atoms with E-state index in [1.165, 1.54) is 0 Å². The average Bonchev–Trinajstić information content (AvgIpc) is 2.97. The lowest BCUT2D eigenvalue weighted by Gasteiger charge is -2.17. The number of hydrogen-bond acceptors (Lipinski definition) is 5. The van der Waals surface area contributed by atoms with Crippen LogP contribution in [0.15, 0.2) is 73.3 Å². The Balaban J connectivity index is 0.000000309. The maximum absolute atomic E-state index is 8.49. The van der Waals surface area contributed by atoms with E-state index in [0.717, 1.165) is 11.4 Å². The van der Waals surface area contributed by atoms with Gasteiger partial charge in [-0.1, -0.05) is 41.1 Å². The number of para-hydroxylation sites is 2. The van der Waals surface area contributed by atoms with Crippen molar-refractivity contribution in [3.05, 3.63) is 73.3 Å². The smallest absolute Gasteiger partial charge is 0.222 e. The molecule has 0 spiro atoms. The standard InChI is InChI=1S/C14H12N3.ClHO4/c1-3-7-13(8-4-1)16-11-15-17(12-16)14-9-5-2-6-10-14;2-1(3,4)5/h1-12H;(H,2,3,4,5)/q+1;/p-1. The van der Waals surface area contributed by atoms with Crippen LogP contribution < -0.4 is 23.2 Å². The fraction of sp³-hybridized carbons (Fsp3) is 0. The van der Waals surface area contributed by atoms with Crippen LogP contribution in [-0.4, -0.2) is 9.78 Å². The first-order chi connectivity index (χ1) is 10.4. The van der Waals surface area contributed by atoms with E-state index in [4.69, 9.17) is 18.6 Å². The van der Waals surface area contributed by atoms with Crippen molar-refractivity contribution in [2.45, 2.75) is 0 Å². The third-order valence-electron chi connectivity index (χ3n) is 2.61. The summed E-state index contributed by atoms with van der Waals surface area (Å²) < 4.78 is 37.8. The van der Waals surface area contributed by atoms with E-state index in [9.17, 15) is 0 Å². The van der Waals surface area contributed by atoms with Crippen LogP contribution in [0.5, 0.6) is 0 Å². The van der Waals surface area contributed by atoms with E-state index in [1.807, 2.05) is 70.4 Å². The number of hydrogen-bond donors (Lipinski definition) is 0. The summed E-state index contributed by atoms with van der Waals surface area (Å²) in [7, 11) is -4.94. The second kappa shape index (κ2) is 7.12. The van der Waals surface area contributed by atoms with Crippen molar-refractivity contribution in [2.24, 2.45) is 0 Å². The first kappa shape index (κ1) is 16.1. The number of benzene rings is 2. The minimum atomic E-state index is -4.94. The molecule has 22 heavy (non-hydrogen) atoms.